The van der Waals surface area contributed by atoms with Gasteiger partial charge in [-0.2, -0.15) is 0 Å². The van der Waals surface area contributed by atoms with E-state index in [4.69, 9.17) is 9.47 Å². The molecule has 0 unspecified atom stereocenters. The summed E-state index contributed by atoms with van der Waals surface area (Å²) in [6.45, 7) is 1.85. The number of phenolic OH excluding ortho intramolecular Hbond substituents is 1. The van der Waals surface area contributed by atoms with Crippen molar-refractivity contribution in [2.24, 2.45) is 5.92 Å². The molecule has 1 aliphatic rings. The van der Waals surface area contributed by atoms with Gasteiger partial charge < -0.3 is 19.1 Å². The number of hydrogen-bond donors (Lipinski definition) is 2. The molecule has 0 spiro atoms. The van der Waals surface area contributed by atoms with E-state index in [1.807, 2.05) is 28.8 Å². The number of nitrogens with one attached hydrogen (secondary N) is 1. The van der Waals surface area contributed by atoms with Gasteiger partial charge in [-0.1, -0.05) is 18.2 Å². The number of methoxy groups -OCH3 is 1. The molecule has 1 aliphatic heterocycles. The van der Waals surface area contributed by atoms with Crippen LogP contribution in [0.1, 0.15) is 18.5 Å². The lowest BCUT2D eigenvalue weighted by molar-refractivity contribution is -0.152. The number of benzene rings is 2. The molecule has 0 fully saturated rings. The van der Waals surface area contributed by atoms with E-state index in [1.54, 1.807) is 19.1 Å². The molecule has 3 aromatic rings. The van der Waals surface area contributed by atoms with Crippen molar-refractivity contribution >= 4 is 28.9 Å². The number of carbonyl (C=O) groups excluding carboxylic acids is 2. The summed E-state index contributed by atoms with van der Waals surface area (Å²) in [6.07, 6.45) is 0. The number of nitrogens with zero attached hydrogens (tertiary/aromatic N) is 2. The van der Waals surface area contributed by atoms with Crippen LogP contribution in [0.25, 0.3) is 11.0 Å². The number of para-hydroxylation sites is 2. The molecule has 2 N–H and O–H groups in total. The Bertz CT molecular complexity index is 1070. The molecular weight excluding hydrogens is 362 g/mol. The van der Waals surface area contributed by atoms with E-state index < -0.39 is 23.8 Å². The predicted octanol–water partition coefficient (Wildman–Crippen LogP) is 2.47. The summed E-state index contributed by atoms with van der Waals surface area (Å²) in [5.41, 5.74) is 2.08. The fraction of sp³-hybridized carbons (Fsp3) is 0.250. The Morgan fingerprint density at radius 1 is 1.29 bits per heavy atom. The number of carbonyl (C=O) groups is 2. The zero-order chi connectivity index (χ0) is 19.8. The van der Waals surface area contributed by atoms with Gasteiger partial charge in [0, 0.05) is 0 Å². The van der Waals surface area contributed by atoms with E-state index >= 15 is 0 Å². The van der Waals surface area contributed by atoms with Gasteiger partial charge in [-0.3, -0.25) is 14.9 Å². The Morgan fingerprint density at radius 2 is 2.07 bits per heavy atom. The standard InChI is InChI=1S/C20H19N3O5/c1-3-28-19(26)16-17(11-8-9-14(24)15(10-11)27-2)23-13-7-5-4-6-12(13)21-20(23)22-18(16)25/h4-10,16-17,24H,3H2,1-2H3,(H,21,22,25)/t16-,17-/m0/s1. The smallest absolute Gasteiger partial charge is 0.321 e. The maximum absolute atomic E-state index is 12.8. The average Bonchev–Trinajstić information content (AvgIpc) is 3.05. The summed E-state index contributed by atoms with van der Waals surface area (Å²) >= 11 is 0. The van der Waals surface area contributed by atoms with E-state index in [1.165, 1.54) is 13.2 Å². The van der Waals surface area contributed by atoms with Gasteiger partial charge >= 0.3 is 5.97 Å². The lowest BCUT2D eigenvalue weighted by atomic mass is 9.90. The normalized spacial score (nSPS) is 18.4. The highest BCUT2D eigenvalue weighted by atomic mass is 16.5. The zero-order valence-corrected chi connectivity index (χ0v) is 15.4. The van der Waals surface area contributed by atoms with Crippen LogP contribution in [-0.4, -0.2) is 40.3 Å². The van der Waals surface area contributed by atoms with Crippen LogP contribution < -0.4 is 10.1 Å². The highest BCUT2D eigenvalue weighted by Gasteiger charge is 2.44. The van der Waals surface area contributed by atoms with E-state index in [2.05, 4.69) is 10.3 Å². The van der Waals surface area contributed by atoms with Crippen molar-refractivity contribution < 1.29 is 24.2 Å². The second kappa shape index (κ2) is 6.88. The number of fused-ring (bicyclic) bond motifs is 3. The monoisotopic (exact) mass is 381 g/mol. The van der Waals surface area contributed by atoms with Crippen molar-refractivity contribution in [2.45, 2.75) is 13.0 Å². The van der Waals surface area contributed by atoms with Gasteiger partial charge in [-0.15, -0.1) is 0 Å². The van der Waals surface area contributed by atoms with Gasteiger partial charge in [0.1, 0.15) is 0 Å². The number of esters is 1. The van der Waals surface area contributed by atoms with Crippen molar-refractivity contribution in [2.75, 3.05) is 19.0 Å². The van der Waals surface area contributed by atoms with Gasteiger partial charge in [0.2, 0.25) is 11.9 Å². The molecule has 0 bridgehead atoms. The van der Waals surface area contributed by atoms with Gasteiger partial charge in [-0.25, -0.2) is 4.98 Å². The van der Waals surface area contributed by atoms with Gasteiger partial charge in [0.05, 0.1) is 30.8 Å². The van der Waals surface area contributed by atoms with Crippen LogP contribution in [0.2, 0.25) is 0 Å². The minimum Gasteiger partial charge on any atom is -0.504 e. The average molecular weight is 381 g/mol. The molecule has 144 valence electrons. The Labute approximate surface area is 160 Å². The van der Waals surface area contributed by atoms with Crippen LogP contribution in [0.5, 0.6) is 11.5 Å². The molecule has 28 heavy (non-hydrogen) atoms. The third kappa shape index (κ3) is 2.74. The summed E-state index contributed by atoms with van der Waals surface area (Å²) in [4.78, 5) is 30.0. The van der Waals surface area contributed by atoms with Gasteiger partial charge in [0.25, 0.3) is 0 Å². The Balaban J connectivity index is 1.97. The summed E-state index contributed by atoms with van der Waals surface area (Å²) in [5.74, 6) is -1.66. The highest BCUT2D eigenvalue weighted by Crippen LogP contribution is 2.40. The molecule has 1 amide bonds. The lowest BCUT2D eigenvalue weighted by Crippen LogP contribution is -2.43. The second-order valence-corrected chi connectivity index (χ2v) is 6.39. The number of imidazole rings is 1. The molecule has 2 aromatic carbocycles. The molecule has 0 saturated heterocycles. The largest absolute Gasteiger partial charge is 0.504 e. The number of ether oxygens (including phenoxy) is 2. The number of anilines is 1. The van der Waals surface area contributed by atoms with Crippen molar-refractivity contribution in [1.29, 1.82) is 0 Å². The number of hydrogen-bond acceptors (Lipinski definition) is 6. The lowest BCUT2D eigenvalue weighted by Gasteiger charge is -2.32. The number of amides is 1. The summed E-state index contributed by atoms with van der Waals surface area (Å²) in [7, 11) is 1.44. The molecule has 2 atom stereocenters. The Kier molecular flexibility index (Phi) is 4.38. The quantitative estimate of drug-likeness (QED) is 0.532. The van der Waals surface area contributed by atoms with E-state index in [0.29, 0.717) is 17.0 Å². The van der Waals surface area contributed by atoms with Crippen LogP contribution in [-0.2, 0) is 14.3 Å². The van der Waals surface area contributed by atoms with Crippen LogP contribution in [0.4, 0.5) is 5.95 Å². The third-order valence-corrected chi connectivity index (χ3v) is 4.79. The Morgan fingerprint density at radius 3 is 2.82 bits per heavy atom. The van der Waals surface area contributed by atoms with Crippen LogP contribution >= 0.6 is 0 Å². The maximum Gasteiger partial charge on any atom is 0.321 e. The van der Waals surface area contributed by atoms with Crippen molar-refractivity contribution in [3.8, 4) is 11.5 Å². The fourth-order valence-corrected chi connectivity index (χ4v) is 3.58. The molecule has 4 rings (SSSR count). The number of aromatic hydroxyl groups is 1. The van der Waals surface area contributed by atoms with Crippen LogP contribution in [0.15, 0.2) is 42.5 Å². The first-order valence-electron chi connectivity index (χ1n) is 8.86. The van der Waals surface area contributed by atoms with Crippen molar-refractivity contribution in [3.05, 3.63) is 48.0 Å². The maximum atomic E-state index is 12.8. The summed E-state index contributed by atoms with van der Waals surface area (Å²) < 4.78 is 12.2. The topological polar surface area (TPSA) is 103 Å². The van der Waals surface area contributed by atoms with E-state index in [-0.39, 0.29) is 18.1 Å². The van der Waals surface area contributed by atoms with Gasteiger partial charge in [0.15, 0.2) is 17.4 Å². The van der Waals surface area contributed by atoms with Crippen LogP contribution in [0.3, 0.4) is 0 Å². The minimum atomic E-state index is -1.11. The second-order valence-electron chi connectivity index (χ2n) is 6.39. The van der Waals surface area contributed by atoms with Crippen molar-refractivity contribution in [3.63, 3.8) is 0 Å². The predicted molar refractivity (Wildman–Crippen MR) is 101 cm³/mol. The van der Waals surface area contributed by atoms with Crippen LogP contribution in [0, 0.1) is 5.92 Å². The molecule has 0 aliphatic carbocycles. The van der Waals surface area contributed by atoms with Crippen molar-refractivity contribution in [1.82, 2.24) is 9.55 Å². The van der Waals surface area contributed by atoms with Gasteiger partial charge in [-0.05, 0) is 36.8 Å². The molecule has 0 radical (unpaired) electrons. The first kappa shape index (κ1) is 17.8. The molecule has 8 heteroatoms. The minimum absolute atomic E-state index is 0.0325. The third-order valence-electron chi connectivity index (χ3n) is 4.79. The molecule has 0 saturated carbocycles. The van der Waals surface area contributed by atoms with E-state index in [9.17, 15) is 14.7 Å². The molecule has 1 aromatic heterocycles. The zero-order valence-electron chi connectivity index (χ0n) is 15.4. The first-order chi connectivity index (χ1) is 13.5. The fourth-order valence-electron chi connectivity index (χ4n) is 3.58. The van der Waals surface area contributed by atoms with E-state index in [0.717, 1.165) is 5.52 Å². The molecular formula is C20H19N3O5. The Hall–Kier alpha value is -3.55. The number of phenols is 1. The molecule has 8 nitrogen and oxygen atoms in total. The number of rotatable bonds is 4. The highest BCUT2D eigenvalue weighted by molar-refractivity contribution is 6.07. The molecule has 2 heterocycles. The summed E-state index contributed by atoms with van der Waals surface area (Å²) in [5, 5.41) is 12.7. The number of aromatic nitrogens is 2. The first-order valence-corrected chi connectivity index (χ1v) is 8.86. The summed E-state index contributed by atoms with van der Waals surface area (Å²) in [6, 6.07) is 11.5. The SMILES string of the molecule is CCOC(=O)[C@@H]1C(=O)Nc2nc3ccccc3n2[C@H]1c1ccc(O)c(OC)c1.